The van der Waals surface area contributed by atoms with Gasteiger partial charge in [0, 0.05) is 20.4 Å². The molecule has 2 aromatic carbocycles. The number of alkyl halides is 6. The van der Waals surface area contributed by atoms with Gasteiger partial charge in [-0.15, -0.1) is 12.1 Å². The van der Waals surface area contributed by atoms with Gasteiger partial charge >= 0.3 is 12.4 Å². The van der Waals surface area contributed by atoms with Crippen LogP contribution in [0.3, 0.4) is 0 Å². The molecule has 3 aromatic rings. The van der Waals surface area contributed by atoms with Crippen molar-refractivity contribution in [2.75, 3.05) is 0 Å². The molecule has 26 heavy (non-hydrogen) atoms. The number of nitrogens with zero attached hydrogens (tertiary/aromatic N) is 2. The summed E-state index contributed by atoms with van der Waals surface area (Å²) in [6, 6.07) is 22.0. The zero-order valence-corrected chi connectivity index (χ0v) is 15.5. The van der Waals surface area contributed by atoms with E-state index in [0.717, 1.165) is 11.1 Å². The first-order valence-corrected chi connectivity index (χ1v) is 6.76. The molecule has 0 atom stereocenters. The quantitative estimate of drug-likeness (QED) is 0.320. The zero-order chi connectivity index (χ0) is 18.5. The third-order valence-electron chi connectivity index (χ3n) is 2.83. The Morgan fingerprint density at radius 3 is 1.54 bits per heavy atom. The summed E-state index contributed by atoms with van der Waals surface area (Å²) in [6.45, 7) is 0. The fourth-order valence-corrected chi connectivity index (χ4v) is 1.69. The molecule has 1 heterocycles. The topological polar surface area (TPSA) is 27.0 Å². The Bertz CT molecular complexity index is 716. The summed E-state index contributed by atoms with van der Waals surface area (Å²) in [5.41, 5.74) is -1.09. The smallest absolute Gasteiger partial charge is 0.431 e. The Kier molecular flexibility index (Phi) is 7.60. The predicted molar refractivity (Wildman–Crippen MR) is 77.1 cm³/mol. The summed E-state index contributed by atoms with van der Waals surface area (Å²) in [6.07, 6.45) is -9.78. The van der Waals surface area contributed by atoms with Crippen molar-refractivity contribution >= 4 is 0 Å². The summed E-state index contributed by atoms with van der Waals surface area (Å²) < 4.78 is 70.3. The third-order valence-corrected chi connectivity index (χ3v) is 2.83. The monoisotopic (exact) mass is 542 g/mol. The van der Waals surface area contributed by atoms with Crippen LogP contribution in [-0.4, -0.2) is 5.10 Å². The molecule has 0 unspecified atom stereocenters. The molecule has 0 spiro atoms. The van der Waals surface area contributed by atoms with E-state index in [-0.39, 0.29) is 26.5 Å². The van der Waals surface area contributed by atoms with Gasteiger partial charge in [-0.3, -0.25) is 0 Å². The Labute approximate surface area is 158 Å². The van der Waals surface area contributed by atoms with Gasteiger partial charge in [0.15, 0.2) is 0 Å². The van der Waals surface area contributed by atoms with Gasteiger partial charge in [0.1, 0.15) is 5.69 Å². The van der Waals surface area contributed by atoms with Gasteiger partial charge in [-0.2, -0.15) is 74.9 Å². The van der Waals surface area contributed by atoms with Gasteiger partial charge in [-0.1, -0.05) is 0 Å². The molecule has 9 heteroatoms. The van der Waals surface area contributed by atoms with Crippen molar-refractivity contribution in [1.82, 2.24) is 10.2 Å². The van der Waals surface area contributed by atoms with E-state index in [2.05, 4.69) is 22.3 Å². The number of benzene rings is 2. The second-order valence-corrected chi connectivity index (χ2v) is 4.66. The minimum atomic E-state index is -4.89. The number of hydrogen-bond acceptors (Lipinski definition) is 1. The van der Waals surface area contributed by atoms with Gasteiger partial charge in [0.2, 0.25) is 0 Å². The molecular weight excluding hydrogens is 532 g/mol. The van der Waals surface area contributed by atoms with E-state index < -0.39 is 23.7 Å². The van der Waals surface area contributed by atoms with Crippen molar-refractivity contribution in [3.63, 3.8) is 0 Å². The van der Waals surface area contributed by atoms with Gasteiger partial charge in [-0.05, 0) is 11.8 Å². The van der Waals surface area contributed by atoms with E-state index >= 15 is 0 Å². The van der Waals surface area contributed by atoms with Crippen molar-refractivity contribution in [2.45, 2.75) is 12.4 Å². The van der Waals surface area contributed by atoms with Crippen LogP contribution >= 0.6 is 0 Å². The SMILES string of the molecule is FC(F)(F)c1cc(C(F)(F)F)[n-]n1.[Re].[c-]1ccccc1-c1[c-]cccc1. The van der Waals surface area contributed by atoms with Crippen LogP contribution < -0.4 is 5.10 Å². The molecule has 1 radical (unpaired) electrons. The van der Waals surface area contributed by atoms with Gasteiger partial charge in [0.25, 0.3) is 0 Å². The van der Waals surface area contributed by atoms with Crippen molar-refractivity contribution in [3.8, 4) is 11.1 Å². The van der Waals surface area contributed by atoms with Crippen LogP contribution in [0.2, 0.25) is 0 Å². The molecule has 139 valence electrons. The maximum Gasteiger partial charge on any atom is 0.431 e. The normalized spacial score (nSPS) is 11.2. The molecule has 0 saturated heterocycles. The largest absolute Gasteiger partial charge is 0.571 e. The van der Waals surface area contributed by atoms with Crippen LogP contribution in [0, 0.1) is 12.1 Å². The molecule has 0 fully saturated rings. The van der Waals surface area contributed by atoms with E-state index in [1.165, 1.54) is 0 Å². The molecule has 1 aromatic heterocycles. The van der Waals surface area contributed by atoms with Crippen molar-refractivity contribution in [3.05, 3.63) is 78.1 Å². The maximum atomic E-state index is 11.7. The zero-order valence-electron chi connectivity index (χ0n) is 12.7. The average molecular weight is 541 g/mol. The molecule has 0 amide bonds. The summed E-state index contributed by atoms with van der Waals surface area (Å²) >= 11 is 0. The molecule has 0 aliphatic rings. The van der Waals surface area contributed by atoms with E-state index in [4.69, 9.17) is 0 Å². The van der Waals surface area contributed by atoms with Crippen LogP contribution in [-0.2, 0) is 32.8 Å². The number of hydrogen-bond donors (Lipinski definition) is 0. The number of halogens is 6. The molecule has 0 bridgehead atoms. The van der Waals surface area contributed by atoms with Crippen molar-refractivity contribution < 1.29 is 46.8 Å². The van der Waals surface area contributed by atoms with Crippen LogP contribution in [0.25, 0.3) is 11.1 Å². The first-order valence-electron chi connectivity index (χ1n) is 6.76. The Hall–Kier alpha value is -2.11. The molecule has 3 rings (SSSR count). The van der Waals surface area contributed by atoms with E-state index in [1.807, 2.05) is 48.5 Å². The number of aromatic nitrogens is 2. The Balaban J connectivity index is 0.000000251. The minimum Gasteiger partial charge on any atom is -0.571 e. The minimum absolute atomic E-state index is 0. The summed E-state index contributed by atoms with van der Waals surface area (Å²) in [5.74, 6) is 0. The molecule has 0 saturated carbocycles. The Morgan fingerprint density at radius 1 is 0.769 bits per heavy atom. The first-order chi connectivity index (χ1) is 11.7. The molecule has 0 aliphatic carbocycles. The van der Waals surface area contributed by atoms with E-state index in [9.17, 15) is 26.3 Å². The van der Waals surface area contributed by atoms with Crippen LogP contribution in [0.1, 0.15) is 11.4 Å². The second kappa shape index (κ2) is 9.01. The fraction of sp³-hybridized carbons (Fsp3) is 0.118. The van der Waals surface area contributed by atoms with Crippen molar-refractivity contribution in [2.24, 2.45) is 0 Å². The van der Waals surface area contributed by atoms with E-state index in [1.54, 1.807) is 0 Å². The maximum absolute atomic E-state index is 11.7. The molecule has 0 N–H and O–H groups in total. The van der Waals surface area contributed by atoms with E-state index in [0.29, 0.717) is 0 Å². The van der Waals surface area contributed by atoms with Crippen LogP contribution in [0.5, 0.6) is 0 Å². The number of rotatable bonds is 1. The van der Waals surface area contributed by atoms with Gasteiger partial charge < -0.3 is 10.2 Å². The van der Waals surface area contributed by atoms with Crippen molar-refractivity contribution in [1.29, 1.82) is 0 Å². The van der Waals surface area contributed by atoms with Gasteiger partial charge in [0.05, 0.1) is 0 Å². The summed E-state index contributed by atoms with van der Waals surface area (Å²) in [7, 11) is 0. The Morgan fingerprint density at radius 2 is 1.27 bits per heavy atom. The summed E-state index contributed by atoms with van der Waals surface area (Å²) in [4.78, 5) is 0. The predicted octanol–water partition coefficient (Wildman–Crippen LogP) is 5.03. The average Bonchev–Trinajstić information content (AvgIpc) is 3.08. The van der Waals surface area contributed by atoms with Crippen LogP contribution in [0.4, 0.5) is 26.3 Å². The standard InChI is InChI=1S/C12H8.C5HF6N2.Re/c1-3-7-11(8-4-1)12-9-5-2-6-10-12;6-4(7,8)2-1-3(13-12-2)5(9,10)11;/h1-7,9H;1H;/q-2;-1;. The molecule has 2 nitrogen and oxygen atoms in total. The first kappa shape index (κ1) is 21.9. The molecular formula is C17H9F6N2Re-3. The molecule has 0 aliphatic heterocycles. The summed E-state index contributed by atoms with van der Waals surface area (Å²) in [5, 5.41) is 4.72. The van der Waals surface area contributed by atoms with Gasteiger partial charge in [-0.25, -0.2) is 11.1 Å². The van der Waals surface area contributed by atoms with Crippen LogP contribution in [0.15, 0.2) is 54.6 Å². The second-order valence-electron chi connectivity index (χ2n) is 4.66. The third kappa shape index (κ3) is 6.32. The fourth-order valence-electron chi connectivity index (χ4n) is 1.69.